The van der Waals surface area contributed by atoms with Crippen molar-refractivity contribution in [3.05, 3.63) is 11.7 Å². The third-order valence-electron chi connectivity index (χ3n) is 3.81. The number of aromatic nitrogens is 2. The van der Waals surface area contributed by atoms with Gasteiger partial charge in [-0.2, -0.15) is 4.98 Å². The van der Waals surface area contributed by atoms with Crippen molar-refractivity contribution in [3.8, 4) is 0 Å². The van der Waals surface area contributed by atoms with Crippen LogP contribution in [0.4, 0.5) is 0 Å². The molecule has 1 heterocycles. The van der Waals surface area contributed by atoms with Crippen LogP contribution in [0.3, 0.4) is 0 Å². The van der Waals surface area contributed by atoms with Crippen LogP contribution in [0.15, 0.2) is 4.52 Å². The summed E-state index contributed by atoms with van der Waals surface area (Å²) in [5.74, 6) is 1.58. The van der Waals surface area contributed by atoms with Crippen LogP contribution in [-0.2, 0) is 11.8 Å². The SMILES string of the molecule is CC(C)(C)Cc1noc(C2(CN)CCCCC2)n1. The highest BCUT2D eigenvalue weighted by molar-refractivity contribution is 5.08. The summed E-state index contributed by atoms with van der Waals surface area (Å²) in [7, 11) is 0. The summed E-state index contributed by atoms with van der Waals surface area (Å²) < 4.78 is 5.50. The maximum absolute atomic E-state index is 5.98. The van der Waals surface area contributed by atoms with Crippen molar-refractivity contribution in [2.24, 2.45) is 11.1 Å². The fraction of sp³-hybridized carbons (Fsp3) is 0.857. The van der Waals surface area contributed by atoms with E-state index in [0.717, 1.165) is 31.0 Å². The molecule has 1 aliphatic rings. The van der Waals surface area contributed by atoms with Gasteiger partial charge in [0.05, 0.1) is 5.41 Å². The zero-order valence-corrected chi connectivity index (χ0v) is 11.8. The second kappa shape index (κ2) is 5.00. The predicted molar refractivity (Wildman–Crippen MR) is 71.3 cm³/mol. The molecule has 2 rings (SSSR count). The maximum atomic E-state index is 5.98. The molecule has 0 amide bonds. The quantitative estimate of drug-likeness (QED) is 0.897. The Morgan fingerprint density at radius 2 is 1.89 bits per heavy atom. The minimum atomic E-state index is -0.0542. The van der Waals surface area contributed by atoms with Gasteiger partial charge in [0, 0.05) is 13.0 Å². The molecule has 2 N–H and O–H groups in total. The van der Waals surface area contributed by atoms with Crippen LogP contribution < -0.4 is 5.73 Å². The lowest BCUT2D eigenvalue weighted by Gasteiger charge is -2.32. The molecule has 0 atom stereocenters. The zero-order valence-electron chi connectivity index (χ0n) is 11.8. The molecule has 1 aliphatic carbocycles. The summed E-state index contributed by atoms with van der Waals surface area (Å²) >= 11 is 0. The lowest BCUT2D eigenvalue weighted by atomic mass is 9.74. The van der Waals surface area contributed by atoms with Crippen LogP contribution in [-0.4, -0.2) is 16.7 Å². The molecule has 0 saturated heterocycles. The van der Waals surface area contributed by atoms with Crippen molar-refractivity contribution >= 4 is 0 Å². The molecular formula is C14H25N3O. The van der Waals surface area contributed by atoms with Crippen LogP contribution in [0.2, 0.25) is 0 Å². The van der Waals surface area contributed by atoms with Gasteiger partial charge < -0.3 is 10.3 Å². The van der Waals surface area contributed by atoms with E-state index in [1.165, 1.54) is 19.3 Å². The van der Waals surface area contributed by atoms with Gasteiger partial charge >= 0.3 is 0 Å². The molecular weight excluding hydrogens is 226 g/mol. The lowest BCUT2D eigenvalue weighted by Crippen LogP contribution is -2.37. The molecule has 4 heteroatoms. The Kier molecular flexibility index (Phi) is 3.76. The first kappa shape index (κ1) is 13.5. The number of hydrogen-bond acceptors (Lipinski definition) is 4. The van der Waals surface area contributed by atoms with Gasteiger partial charge in [-0.1, -0.05) is 45.2 Å². The second-order valence-electron chi connectivity index (χ2n) is 6.80. The number of hydrogen-bond donors (Lipinski definition) is 1. The molecule has 1 fully saturated rings. The topological polar surface area (TPSA) is 64.9 Å². The van der Waals surface area contributed by atoms with Gasteiger partial charge in [0.15, 0.2) is 5.82 Å². The summed E-state index contributed by atoms with van der Waals surface area (Å²) in [5, 5.41) is 4.13. The summed E-state index contributed by atoms with van der Waals surface area (Å²) in [6.45, 7) is 7.16. The fourth-order valence-corrected chi connectivity index (χ4v) is 2.75. The average molecular weight is 251 g/mol. The van der Waals surface area contributed by atoms with E-state index in [1.54, 1.807) is 0 Å². The van der Waals surface area contributed by atoms with Crippen molar-refractivity contribution in [1.29, 1.82) is 0 Å². The van der Waals surface area contributed by atoms with Gasteiger partial charge in [-0.15, -0.1) is 0 Å². The number of nitrogens with two attached hydrogens (primary N) is 1. The largest absolute Gasteiger partial charge is 0.339 e. The monoisotopic (exact) mass is 251 g/mol. The molecule has 4 nitrogen and oxygen atoms in total. The Morgan fingerprint density at radius 3 is 2.44 bits per heavy atom. The maximum Gasteiger partial charge on any atom is 0.234 e. The molecule has 1 saturated carbocycles. The summed E-state index contributed by atoms with van der Waals surface area (Å²) in [6.07, 6.45) is 6.74. The van der Waals surface area contributed by atoms with E-state index in [4.69, 9.17) is 10.3 Å². The van der Waals surface area contributed by atoms with Gasteiger partial charge in [0.25, 0.3) is 0 Å². The van der Waals surface area contributed by atoms with Gasteiger partial charge in [-0.3, -0.25) is 0 Å². The Bertz CT molecular complexity index is 386. The van der Waals surface area contributed by atoms with Crippen LogP contribution in [0.1, 0.15) is 64.6 Å². The number of rotatable bonds is 3. The van der Waals surface area contributed by atoms with E-state index in [0.29, 0.717) is 6.54 Å². The first-order valence-corrected chi connectivity index (χ1v) is 6.98. The van der Waals surface area contributed by atoms with E-state index in [-0.39, 0.29) is 10.8 Å². The summed E-state index contributed by atoms with van der Waals surface area (Å²) in [6, 6.07) is 0. The van der Waals surface area contributed by atoms with Crippen molar-refractivity contribution < 1.29 is 4.52 Å². The molecule has 0 radical (unpaired) electrons. The van der Waals surface area contributed by atoms with Gasteiger partial charge in [-0.25, -0.2) is 0 Å². The standard InChI is InChI=1S/C14H25N3O/c1-13(2,3)9-11-16-12(18-17-11)14(10-15)7-5-4-6-8-14/h4-10,15H2,1-3H3. The van der Waals surface area contributed by atoms with E-state index >= 15 is 0 Å². The highest BCUT2D eigenvalue weighted by atomic mass is 16.5. The smallest absolute Gasteiger partial charge is 0.234 e. The van der Waals surface area contributed by atoms with Crippen LogP contribution >= 0.6 is 0 Å². The first-order chi connectivity index (χ1) is 8.45. The minimum absolute atomic E-state index is 0.0542. The third kappa shape index (κ3) is 2.91. The molecule has 0 bridgehead atoms. The fourth-order valence-electron chi connectivity index (χ4n) is 2.75. The average Bonchev–Trinajstić information content (AvgIpc) is 2.76. The Hall–Kier alpha value is -0.900. The zero-order chi connectivity index (χ0) is 13.2. The minimum Gasteiger partial charge on any atom is -0.339 e. The molecule has 0 spiro atoms. The molecule has 18 heavy (non-hydrogen) atoms. The van der Waals surface area contributed by atoms with Crippen molar-refractivity contribution in [3.63, 3.8) is 0 Å². The van der Waals surface area contributed by atoms with Crippen molar-refractivity contribution in [1.82, 2.24) is 10.1 Å². The Balaban J connectivity index is 2.17. The van der Waals surface area contributed by atoms with Crippen molar-refractivity contribution in [2.75, 3.05) is 6.54 Å². The second-order valence-corrected chi connectivity index (χ2v) is 6.80. The van der Waals surface area contributed by atoms with Crippen LogP contribution in [0.25, 0.3) is 0 Å². The van der Waals surface area contributed by atoms with E-state index in [1.807, 2.05) is 0 Å². The van der Waals surface area contributed by atoms with Gasteiger partial charge in [0.1, 0.15) is 0 Å². The normalized spacial score (nSPS) is 20.0. The van der Waals surface area contributed by atoms with E-state index in [9.17, 15) is 0 Å². The predicted octanol–water partition coefficient (Wildman–Crippen LogP) is 2.82. The number of nitrogens with zero attached hydrogens (tertiary/aromatic N) is 2. The highest BCUT2D eigenvalue weighted by Gasteiger charge is 2.38. The third-order valence-corrected chi connectivity index (χ3v) is 3.81. The first-order valence-electron chi connectivity index (χ1n) is 6.98. The molecule has 0 aromatic carbocycles. The van der Waals surface area contributed by atoms with Crippen LogP contribution in [0.5, 0.6) is 0 Å². The Labute approximate surface area is 109 Å². The lowest BCUT2D eigenvalue weighted by molar-refractivity contribution is 0.219. The molecule has 102 valence electrons. The summed E-state index contributed by atoms with van der Waals surface area (Å²) in [5.41, 5.74) is 6.11. The van der Waals surface area contributed by atoms with Crippen LogP contribution in [0, 0.1) is 5.41 Å². The molecule has 0 aliphatic heterocycles. The molecule has 1 aromatic heterocycles. The van der Waals surface area contributed by atoms with Gasteiger partial charge in [-0.05, 0) is 18.3 Å². The Morgan fingerprint density at radius 1 is 1.22 bits per heavy atom. The molecule has 0 unspecified atom stereocenters. The highest BCUT2D eigenvalue weighted by Crippen LogP contribution is 2.37. The summed E-state index contributed by atoms with van der Waals surface area (Å²) in [4.78, 5) is 4.60. The molecule has 1 aromatic rings. The van der Waals surface area contributed by atoms with Gasteiger partial charge in [0.2, 0.25) is 5.89 Å². The van der Waals surface area contributed by atoms with E-state index in [2.05, 4.69) is 30.9 Å². The van der Waals surface area contributed by atoms with E-state index < -0.39 is 0 Å². The van der Waals surface area contributed by atoms with Crippen molar-refractivity contribution in [2.45, 2.75) is 64.7 Å².